The van der Waals surface area contributed by atoms with Gasteiger partial charge in [0.2, 0.25) is 10.0 Å². The number of likely N-dealkylation sites (N-methyl/N-ethyl adjacent to an activating group) is 1. The van der Waals surface area contributed by atoms with Gasteiger partial charge in [0, 0.05) is 68.1 Å². The van der Waals surface area contributed by atoms with Crippen LogP contribution in [0.5, 0.6) is 0 Å². The molecular formula is C20H27N7O2S. The van der Waals surface area contributed by atoms with Crippen molar-refractivity contribution in [3.8, 4) is 0 Å². The lowest BCUT2D eigenvalue weighted by molar-refractivity contribution is 0.147. The number of nitrogens with one attached hydrogen (secondary N) is 1. The molecule has 0 aliphatic carbocycles. The Morgan fingerprint density at radius 1 is 1.17 bits per heavy atom. The number of pyridine rings is 1. The number of piperazine rings is 1. The zero-order valence-corrected chi connectivity index (χ0v) is 18.1. The van der Waals surface area contributed by atoms with E-state index in [0.717, 1.165) is 43.8 Å². The number of aromatic nitrogens is 4. The molecule has 1 atom stereocenters. The molecule has 0 spiro atoms. The summed E-state index contributed by atoms with van der Waals surface area (Å²) in [6.07, 6.45) is 5.16. The Kier molecular flexibility index (Phi) is 6.09. The maximum Gasteiger partial charge on any atom is 0.241 e. The van der Waals surface area contributed by atoms with E-state index in [1.807, 2.05) is 19.2 Å². The van der Waals surface area contributed by atoms with Crippen molar-refractivity contribution in [1.29, 1.82) is 0 Å². The van der Waals surface area contributed by atoms with Crippen LogP contribution < -0.4 is 4.72 Å². The topological polar surface area (TPSA) is 96.2 Å². The molecule has 0 bridgehead atoms. The summed E-state index contributed by atoms with van der Waals surface area (Å²) in [7, 11) is -1.55. The molecule has 9 nitrogen and oxygen atoms in total. The standard InChI is InChI=1S/C20H27N7O2S/c1-16(13-27-15-18(22-24-27)14-26-10-8-25(2)9-11-26)23-30(28,29)20-5-3-4-17-12-21-7-6-19(17)20/h3-7,12,15-16,23H,8-11,13-14H2,1-2H3/t16-/m0/s1. The minimum Gasteiger partial charge on any atom is -0.304 e. The maximum atomic E-state index is 13.0. The molecule has 10 heteroatoms. The van der Waals surface area contributed by atoms with Crippen molar-refractivity contribution in [3.63, 3.8) is 0 Å². The first-order chi connectivity index (χ1) is 14.4. The quantitative estimate of drug-likeness (QED) is 0.597. The van der Waals surface area contributed by atoms with Crippen LogP contribution in [0.3, 0.4) is 0 Å². The average Bonchev–Trinajstić information content (AvgIpc) is 3.15. The lowest BCUT2D eigenvalue weighted by Crippen LogP contribution is -2.43. The van der Waals surface area contributed by atoms with Gasteiger partial charge in [0.15, 0.2) is 0 Å². The predicted molar refractivity (Wildman–Crippen MR) is 114 cm³/mol. The van der Waals surface area contributed by atoms with E-state index in [-0.39, 0.29) is 10.9 Å². The van der Waals surface area contributed by atoms with Gasteiger partial charge in [-0.2, -0.15) is 0 Å². The van der Waals surface area contributed by atoms with Gasteiger partial charge in [-0.1, -0.05) is 17.3 Å². The van der Waals surface area contributed by atoms with Crippen molar-refractivity contribution < 1.29 is 8.42 Å². The van der Waals surface area contributed by atoms with Crippen LogP contribution in [0.4, 0.5) is 0 Å². The van der Waals surface area contributed by atoms with Crippen LogP contribution in [0.2, 0.25) is 0 Å². The van der Waals surface area contributed by atoms with E-state index < -0.39 is 10.0 Å². The smallest absolute Gasteiger partial charge is 0.241 e. The Hall–Kier alpha value is -2.40. The molecule has 3 heterocycles. The molecule has 0 radical (unpaired) electrons. The van der Waals surface area contributed by atoms with Crippen LogP contribution >= 0.6 is 0 Å². The number of hydrogen-bond acceptors (Lipinski definition) is 7. The van der Waals surface area contributed by atoms with Gasteiger partial charge in [0.25, 0.3) is 0 Å². The molecule has 4 rings (SSSR count). The van der Waals surface area contributed by atoms with Crippen LogP contribution in [-0.4, -0.2) is 77.5 Å². The highest BCUT2D eigenvalue weighted by atomic mass is 32.2. The van der Waals surface area contributed by atoms with E-state index in [1.165, 1.54) is 0 Å². The fourth-order valence-corrected chi connectivity index (χ4v) is 5.17. The van der Waals surface area contributed by atoms with Crippen molar-refractivity contribution in [1.82, 2.24) is 34.5 Å². The van der Waals surface area contributed by atoms with Gasteiger partial charge in [-0.05, 0) is 26.1 Å². The van der Waals surface area contributed by atoms with Crippen LogP contribution in [0.25, 0.3) is 10.8 Å². The molecule has 1 N–H and O–H groups in total. The molecule has 1 aliphatic rings. The third-order valence-electron chi connectivity index (χ3n) is 5.32. The lowest BCUT2D eigenvalue weighted by atomic mass is 10.2. The first-order valence-corrected chi connectivity index (χ1v) is 11.5. The second-order valence-electron chi connectivity index (χ2n) is 7.89. The van der Waals surface area contributed by atoms with Crippen molar-refractivity contribution in [2.24, 2.45) is 0 Å². The van der Waals surface area contributed by atoms with Crippen LogP contribution in [0.1, 0.15) is 12.6 Å². The Labute approximate surface area is 176 Å². The minimum absolute atomic E-state index is 0.253. The summed E-state index contributed by atoms with van der Waals surface area (Å²) in [5, 5.41) is 9.87. The van der Waals surface area contributed by atoms with Crippen LogP contribution in [0.15, 0.2) is 47.8 Å². The third kappa shape index (κ3) is 4.84. The summed E-state index contributed by atoms with van der Waals surface area (Å²) in [6, 6.07) is 6.57. The van der Waals surface area contributed by atoms with E-state index in [4.69, 9.17) is 0 Å². The Balaban J connectivity index is 1.39. The van der Waals surface area contributed by atoms with E-state index in [1.54, 1.807) is 35.3 Å². The SMILES string of the molecule is C[C@@H](Cn1cc(CN2CCN(C)CC2)nn1)NS(=O)(=O)c1cccc2cnccc12. The second kappa shape index (κ2) is 8.76. The maximum absolute atomic E-state index is 13.0. The highest BCUT2D eigenvalue weighted by molar-refractivity contribution is 7.89. The molecule has 0 amide bonds. The zero-order valence-electron chi connectivity index (χ0n) is 17.3. The van der Waals surface area contributed by atoms with Gasteiger partial charge in [-0.3, -0.25) is 14.6 Å². The largest absolute Gasteiger partial charge is 0.304 e. The molecule has 3 aromatic rings. The molecule has 0 unspecified atom stereocenters. The molecule has 1 fully saturated rings. The first-order valence-electron chi connectivity index (χ1n) is 10.1. The van der Waals surface area contributed by atoms with E-state index in [0.29, 0.717) is 11.9 Å². The summed E-state index contributed by atoms with van der Waals surface area (Å²) in [5.74, 6) is 0. The summed E-state index contributed by atoms with van der Waals surface area (Å²) in [6.45, 7) is 7.12. The number of rotatable bonds is 7. The van der Waals surface area contributed by atoms with Gasteiger partial charge >= 0.3 is 0 Å². The van der Waals surface area contributed by atoms with Gasteiger partial charge in [0.05, 0.1) is 17.1 Å². The number of nitrogens with zero attached hydrogens (tertiary/aromatic N) is 6. The number of sulfonamides is 1. The molecule has 2 aromatic heterocycles. The predicted octanol–water partition coefficient (Wildman–Crippen LogP) is 0.941. The third-order valence-corrected chi connectivity index (χ3v) is 6.96. The van der Waals surface area contributed by atoms with Crippen molar-refractivity contribution in [2.75, 3.05) is 33.2 Å². The molecule has 1 saturated heterocycles. The average molecular weight is 430 g/mol. The van der Waals surface area contributed by atoms with Gasteiger partial charge in [-0.25, -0.2) is 13.1 Å². The van der Waals surface area contributed by atoms with Crippen molar-refractivity contribution >= 4 is 20.8 Å². The van der Waals surface area contributed by atoms with Crippen LogP contribution in [-0.2, 0) is 23.1 Å². The Morgan fingerprint density at radius 2 is 1.97 bits per heavy atom. The Bertz CT molecular complexity index is 1100. The van der Waals surface area contributed by atoms with Gasteiger partial charge in [0.1, 0.15) is 0 Å². The molecule has 0 saturated carbocycles. The van der Waals surface area contributed by atoms with Crippen LogP contribution in [0, 0.1) is 0 Å². The van der Waals surface area contributed by atoms with Crippen molar-refractivity contribution in [2.45, 2.75) is 31.0 Å². The molecule has 1 aliphatic heterocycles. The van der Waals surface area contributed by atoms with Crippen molar-refractivity contribution in [3.05, 3.63) is 48.5 Å². The molecular weight excluding hydrogens is 402 g/mol. The lowest BCUT2D eigenvalue weighted by Gasteiger charge is -2.31. The summed E-state index contributed by atoms with van der Waals surface area (Å²) >= 11 is 0. The minimum atomic E-state index is -3.68. The van der Waals surface area contributed by atoms with E-state index in [2.05, 4.69) is 36.9 Å². The normalized spacial score (nSPS) is 17.4. The summed E-state index contributed by atoms with van der Waals surface area (Å²) in [5.41, 5.74) is 0.899. The number of benzene rings is 1. The monoisotopic (exact) mass is 429 g/mol. The Morgan fingerprint density at radius 3 is 2.77 bits per heavy atom. The fraction of sp³-hybridized carbons (Fsp3) is 0.450. The highest BCUT2D eigenvalue weighted by Crippen LogP contribution is 2.22. The first kappa shape index (κ1) is 20.9. The summed E-state index contributed by atoms with van der Waals surface area (Å²) in [4.78, 5) is 8.98. The van der Waals surface area contributed by atoms with Gasteiger partial charge in [-0.15, -0.1) is 5.10 Å². The molecule has 1 aromatic carbocycles. The molecule has 30 heavy (non-hydrogen) atoms. The van der Waals surface area contributed by atoms with E-state index >= 15 is 0 Å². The molecule has 160 valence electrons. The van der Waals surface area contributed by atoms with Gasteiger partial charge < -0.3 is 4.90 Å². The summed E-state index contributed by atoms with van der Waals surface area (Å²) < 4.78 is 30.4. The van der Waals surface area contributed by atoms with E-state index in [9.17, 15) is 8.42 Å². The highest BCUT2D eigenvalue weighted by Gasteiger charge is 2.21. The number of fused-ring (bicyclic) bond motifs is 1. The number of hydrogen-bond donors (Lipinski definition) is 1. The zero-order chi connectivity index (χ0) is 21.1. The second-order valence-corrected chi connectivity index (χ2v) is 9.57. The fourth-order valence-electron chi connectivity index (χ4n) is 3.71.